The van der Waals surface area contributed by atoms with Crippen molar-refractivity contribution in [1.29, 1.82) is 0 Å². The summed E-state index contributed by atoms with van der Waals surface area (Å²) in [5.74, 6) is -0.389. The maximum Gasteiger partial charge on any atom is 0.343 e. The zero-order chi connectivity index (χ0) is 13.9. The van der Waals surface area contributed by atoms with Gasteiger partial charge in [0.25, 0.3) is 0 Å². The van der Waals surface area contributed by atoms with Crippen LogP contribution in [-0.2, 0) is 10.1 Å². The molecule has 0 atom stereocenters. The van der Waals surface area contributed by atoms with E-state index in [1.807, 2.05) is 0 Å². The molecule has 6 heteroatoms. The van der Waals surface area contributed by atoms with E-state index in [-0.39, 0.29) is 10.6 Å². The van der Waals surface area contributed by atoms with E-state index < -0.39 is 16.1 Å². The van der Waals surface area contributed by atoms with E-state index in [0.717, 1.165) is 12.1 Å². The minimum absolute atomic E-state index is 0.168. The van der Waals surface area contributed by atoms with E-state index in [1.54, 1.807) is 30.3 Å². The minimum Gasteiger partial charge on any atom is -0.744 e. The third-order valence-corrected chi connectivity index (χ3v) is 3.18. The van der Waals surface area contributed by atoms with Crippen molar-refractivity contribution in [1.82, 2.24) is 0 Å². The van der Waals surface area contributed by atoms with Crippen molar-refractivity contribution in [3.63, 3.8) is 0 Å². The van der Waals surface area contributed by atoms with E-state index in [4.69, 9.17) is 4.74 Å². The number of carbonyl (C=O) groups excluding carboxylic acids is 1. The second kappa shape index (κ2) is 5.21. The monoisotopic (exact) mass is 277 g/mol. The Morgan fingerprint density at radius 1 is 0.947 bits per heavy atom. The zero-order valence-corrected chi connectivity index (χ0v) is 10.5. The fourth-order valence-electron chi connectivity index (χ4n) is 1.41. The highest BCUT2D eigenvalue weighted by atomic mass is 32.2. The molecule has 0 N–H and O–H groups in total. The Labute approximate surface area is 110 Å². The van der Waals surface area contributed by atoms with Gasteiger partial charge >= 0.3 is 5.97 Å². The van der Waals surface area contributed by atoms with E-state index in [1.165, 1.54) is 12.1 Å². The van der Waals surface area contributed by atoms with E-state index >= 15 is 0 Å². The maximum atomic E-state index is 11.7. The van der Waals surface area contributed by atoms with E-state index in [9.17, 15) is 17.8 Å². The molecule has 98 valence electrons. The van der Waals surface area contributed by atoms with Gasteiger partial charge in [0.05, 0.1) is 10.5 Å². The lowest BCUT2D eigenvalue weighted by molar-refractivity contribution is 0.0734. The first-order valence-electron chi connectivity index (χ1n) is 5.30. The SMILES string of the molecule is O=C(Oc1ccc(S(=O)(=O)[O-])cc1)c1ccccc1. The fraction of sp³-hybridized carbons (Fsp3) is 0. The van der Waals surface area contributed by atoms with Crippen LogP contribution in [0.25, 0.3) is 0 Å². The zero-order valence-electron chi connectivity index (χ0n) is 9.65. The summed E-state index contributed by atoms with van der Waals surface area (Å²) in [5, 5.41) is 0. The van der Waals surface area contributed by atoms with Crippen LogP contribution in [0.4, 0.5) is 0 Å². The Balaban J connectivity index is 2.15. The Hall–Kier alpha value is -2.18. The lowest BCUT2D eigenvalue weighted by Gasteiger charge is -2.08. The molecule has 0 aliphatic carbocycles. The topological polar surface area (TPSA) is 83.5 Å². The van der Waals surface area contributed by atoms with Crippen LogP contribution in [0.5, 0.6) is 5.75 Å². The van der Waals surface area contributed by atoms with Crippen LogP contribution in [-0.4, -0.2) is 18.9 Å². The first-order chi connectivity index (χ1) is 8.97. The lowest BCUT2D eigenvalue weighted by atomic mass is 10.2. The summed E-state index contributed by atoms with van der Waals surface area (Å²) in [5.41, 5.74) is 0.378. The molecule has 2 aromatic carbocycles. The second-order valence-corrected chi connectivity index (χ2v) is 5.06. The van der Waals surface area contributed by atoms with Gasteiger partial charge in [0, 0.05) is 0 Å². The van der Waals surface area contributed by atoms with Gasteiger partial charge < -0.3 is 9.29 Å². The normalized spacial score (nSPS) is 11.0. The summed E-state index contributed by atoms with van der Waals surface area (Å²) < 4.78 is 37.2. The Morgan fingerprint density at radius 3 is 2.05 bits per heavy atom. The second-order valence-electron chi connectivity index (χ2n) is 3.68. The number of carbonyl (C=O) groups is 1. The smallest absolute Gasteiger partial charge is 0.343 e. The van der Waals surface area contributed by atoms with Gasteiger partial charge in [-0.25, -0.2) is 13.2 Å². The molecule has 0 unspecified atom stereocenters. The number of hydrogen-bond acceptors (Lipinski definition) is 5. The molecule has 0 aromatic heterocycles. The molecule has 0 aliphatic heterocycles. The van der Waals surface area contributed by atoms with Crippen molar-refractivity contribution >= 4 is 16.1 Å². The van der Waals surface area contributed by atoms with Gasteiger partial charge in [-0.05, 0) is 36.4 Å². The van der Waals surface area contributed by atoms with Crippen molar-refractivity contribution in [2.45, 2.75) is 4.90 Å². The summed E-state index contributed by atoms with van der Waals surface area (Å²) in [6.45, 7) is 0. The molecule has 0 saturated carbocycles. The van der Waals surface area contributed by atoms with Gasteiger partial charge in [0.1, 0.15) is 15.9 Å². The van der Waals surface area contributed by atoms with Crippen molar-refractivity contribution in [2.75, 3.05) is 0 Å². The molecule has 2 rings (SSSR count). The van der Waals surface area contributed by atoms with Crippen LogP contribution in [0.15, 0.2) is 59.5 Å². The highest BCUT2D eigenvalue weighted by Gasteiger charge is 2.08. The summed E-state index contributed by atoms with van der Waals surface area (Å²) >= 11 is 0. The first kappa shape index (κ1) is 13.3. The predicted octanol–water partition coefficient (Wildman–Crippen LogP) is 1.81. The van der Waals surface area contributed by atoms with Crippen molar-refractivity contribution in [2.24, 2.45) is 0 Å². The number of benzene rings is 2. The molecule has 5 nitrogen and oxygen atoms in total. The highest BCUT2D eigenvalue weighted by Crippen LogP contribution is 2.16. The van der Waals surface area contributed by atoms with Gasteiger partial charge in [0.2, 0.25) is 0 Å². The summed E-state index contributed by atoms with van der Waals surface area (Å²) in [4.78, 5) is 11.3. The van der Waals surface area contributed by atoms with Gasteiger partial charge in [-0.1, -0.05) is 18.2 Å². The number of rotatable bonds is 3. The van der Waals surface area contributed by atoms with Crippen LogP contribution in [0.3, 0.4) is 0 Å². The van der Waals surface area contributed by atoms with Crippen LogP contribution in [0, 0.1) is 0 Å². The number of ether oxygens (including phenoxy) is 1. The van der Waals surface area contributed by atoms with Crippen molar-refractivity contribution in [3.05, 3.63) is 60.2 Å². The number of hydrogen-bond donors (Lipinski definition) is 0. The summed E-state index contributed by atoms with van der Waals surface area (Å²) in [7, 11) is -4.49. The molecule has 0 amide bonds. The van der Waals surface area contributed by atoms with Crippen molar-refractivity contribution in [3.8, 4) is 5.75 Å². The molecule has 0 saturated heterocycles. The molecule has 19 heavy (non-hydrogen) atoms. The standard InChI is InChI=1S/C13H10O5S/c14-13(10-4-2-1-3-5-10)18-11-6-8-12(9-7-11)19(15,16)17/h1-9H,(H,15,16,17)/p-1. The quantitative estimate of drug-likeness (QED) is 0.485. The molecule has 0 bridgehead atoms. The van der Waals surface area contributed by atoms with Crippen LogP contribution in [0.2, 0.25) is 0 Å². The van der Waals surface area contributed by atoms with Crippen LogP contribution >= 0.6 is 0 Å². The Bertz CT molecular complexity index is 675. The van der Waals surface area contributed by atoms with Gasteiger partial charge in [-0.3, -0.25) is 0 Å². The Kier molecular flexibility index (Phi) is 3.64. The van der Waals surface area contributed by atoms with E-state index in [0.29, 0.717) is 5.56 Å². The first-order valence-corrected chi connectivity index (χ1v) is 6.71. The number of esters is 1. The molecule has 0 fully saturated rings. The van der Waals surface area contributed by atoms with Gasteiger partial charge in [0.15, 0.2) is 0 Å². The summed E-state index contributed by atoms with van der Waals surface area (Å²) in [6, 6.07) is 13.1. The molecule has 0 aliphatic rings. The molecular formula is C13H9O5S-. The average molecular weight is 277 g/mol. The van der Waals surface area contributed by atoms with Gasteiger partial charge in [-0.15, -0.1) is 0 Å². The largest absolute Gasteiger partial charge is 0.744 e. The van der Waals surface area contributed by atoms with Crippen LogP contribution < -0.4 is 4.74 Å². The van der Waals surface area contributed by atoms with E-state index in [2.05, 4.69) is 0 Å². The predicted molar refractivity (Wildman–Crippen MR) is 65.8 cm³/mol. The maximum absolute atomic E-state index is 11.7. The lowest BCUT2D eigenvalue weighted by Crippen LogP contribution is -2.08. The third-order valence-electron chi connectivity index (χ3n) is 2.33. The summed E-state index contributed by atoms with van der Waals surface area (Å²) in [6.07, 6.45) is 0. The molecular weight excluding hydrogens is 268 g/mol. The Morgan fingerprint density at radius 2 is 1.53 bits per heavy atom. The fourth-order valence-corrected chi connectivity index (χ4v) is 1.88. The highest BCUT2D eigenvalue weighted by molar-refractivity contribution is 7.85. The van der Waals surface area contributed by atoms with Gasteiger partial charge in [-0.2, -0.15) is 0 Å². The molecule has 0 radical (unpaired) electrons. The van der Waals surface area contributed by atoms with Crippen LogP contribution in [0.1, 0.15) is 10.4 Å². The molecule has 2 aromatic rings. The molecule has 0 heterocycles. The minimum atomic E-state index is -4.49. The van der Waals surface area contributed by atoms with Crippen molar-refractivity contribution < 1.29 is 22.5 Å². The average Bonchev–Trinajstić information content (AvgIpc) is 2.39. The molecule has 0 spiro atoms. The third kappa shape index (κ3) is 3.40.